The molecule has 1 N–H and O–H groups in total. The lowest BCUT2D eigenvalue weighted by atomic mass is 10.3. The normalized spacial score (nSPS) is 15.9. The predicted molar refractivity (Wildman–Crippen MR) is 77.1 cm³/mol. The molecule has 20 heavy (non-hydrogen) atoms. The van der Waals surface area contributed by atoms with E-state index in [-0.39, 0.29) is 5.78 Å². The Balaban J connectivity index is 2.06. The molecule has 0 amide bonds. The van der Waals surface area contributed by atoms with Crippen LogP contribution in [0.4, 0.5) is 5.69 Å². The first kappa shape index (κ1) is 14.3. The summed E-state index contributed by atoms with van der Waals surface area (Å²) >= 11 is 0. The van der Waals surface area contributed by atoms with Crippen molar-refractivity contribution in [2.75, 3.05) is 38.8 Å². The van der Waals surface area contributed by atoms with Crippen molar-refractivity contribution in [1.82, 2.24) is 4.90 Å². The van der Waals surface area contributed by atoms with Crippen LogP contribution in [0, 0.1) is 0 Å². The van der Waals surface area contributed by atoms with Gasteiger partial charge in [-0.2, -0.15) is 5.10 Å². The number of hydrogen-bond acceptors (Lipinski definition) is 5. The van der Waals surface area contributed by atoms with Crippen LogP contribution in [0.25, 0.3) is 0 Å². The summed E-state index contributed by atoms with van der Waals surface area (Å²) in [7, 11) is 1.62. The molecule has 0 aliphatic carbocycles. The number of ketones is 1. The monoisotopic (exact) mass is 277 g/mol. The van der Waals surface area contributed by atoms with E-state index in [1.165, 1.54) is 6.92 Å². The standard InChI is InChI=1S/C14H19N3O3/c1-11(18)14(17-7-9-20-10-8-17)16-15-12-3-5-13(19-2)6-4-12/h3-6,15H,7-10H2,1-2H3/b16-14+. The Bertz CT molecular complexity index is 479. The van der Waals surface area contributed by atoms with E-state index in [0.29, 0.717) is 32.1 Å². The Labute approximate surface area is 118 Å². The number of methoxy groups -OCH3 is 1. The minimum absolute atomic E-state index is 0.0621. The molecular weight excluding hydrogens is 258 g/mol. The molecule has 0 bridgehead atoms. The van der Waals surface area contributed by atoms with E-state index < -0.39 is 0 Å². The van der Waals surface area contributed by atoms with Crippen molar-refractivity contribution in [1.29, 1.82) is 0 Å². The van der Waals surface area contributed by atoms with Gasteiger partial charge < -0.3 is 14.4 Å². The quantitative estimate of drug-likeness (QED) is 0.511. The van der Waals surface area contributed by atoms with Gasteiger partial charge in [0.05, 0.1) is 26.0 Å². The lowest BCUT2D eigenvalue weighted by molar-refractivity contribution is -0.112. The lowest BCUT2D eigenvalue weighted by Gasteiger charge is -2.28. The Kier molecular flexibility index (Phi) is 4.95. The van der Waals surface area contributed by atoms with Crippen molar-refractivity contribution in [3.63, 3.8) is 0 Å². The van der Waals surface area contributed by atoms with Crippen molar-refractivity contribution in [3.05, 3.63) is 24.3 Å². The molecule has 1 saturated heterocycles. The van der Waals surface area contributed by atoms with Crippen molar-refractivity contribution in [2.24, 2.45) is 5.10 Å². The van der Waals surface area contributed by atoms with E-state index in [0.717, 1.165) is 11.4 Å². The fourth-order valence-electron chi connectivity index (χ4n) is 1.93. The summed E-state index contributed by atoms with van der Waals surface area (Å²) in [6.07, 6.45) is 0. The largest absolute Gasteiger partial charge is 0.497 e. The molecule has 0 spiro atoms. The van der Waals surface area contributed by atoms with Gasteiger partial charge in [0, 0.05) is 20.0 Å². The summed E-state index contributed by atoms with van der Waals surface area (Å²) < 4.78 is 10.4. The fraction of sp³-hybridized carbons (Fsp3) is 0.429. The molecule has 0 saturated carbocycles. The highest BCUT2D eigenvalue weighted by Crippen LogP contribution is 2.15. The minimum atomic E-state index is -0.0621. The Morgan fingerprint density at radius 1 is 1.30 bits per heavy atom. The number of hydrazone groups is 1. The third-order valence-electron chi connectivity index (χ3n) is 3.01. The van der Waals surface area contributed by atoms with Gasteiger partial charge in [0.15, 0.2) is 11.6 Å². The summed E-state index contributed by atoms with van der Waals surface area (Å²) in [6.45, 7) is 4.12. The number of nitrogens with zero attached hydrogens (tertiary/aromatic N) is 2. The van der Waals surface area contributed by atoms with Crippen LogP contribution in [0.5, 0.6) is 5.75 Å². The van der Waals surface area contributed by atoms with Crippen LogP contribution in [0.3, 0.4) is 0 Å². The van der Waals surface area contributed by atoms with Crippen LogP contribution in [-0.2, 0) is 9.53 Å². The van der Waals surface area contributed by atoms with Crippen LogP contribution >= 0.6 is 0 Å². The molecule has 108 valence electrons. The molecular formula is C14H19N3O3. The maximum atomic E-state index is 11.7. The molecule has 0 radical (unpaired) electrons. The lowest BCUT2D eigenvalue weighted by Crippen LogP contribution is -2.44. The highest BCUT2D eigenvalue weighted by Gasteiger charge is 2.18. The Morgan fingerprint density at radius 3 is 2.50 bits per heavy atom. The second-order valence-corrected chi connectivity index (χ2v) is 4.43. The van der Waals surface area contributed by atoms with Crippen LogP contribution < -0.4 is 10.2 Å². The van der Waals surface area contributed by atoms with Gasteiger partial charge in [-0.1, -0.05) is 0 Å². The van der Waals surface area contributed by atoms with Crippen molar-refractivity contribution in [3.8, 4) is 5.75 Å². The maximum Gasteiger partial charge on any atom is 0.196 e. The zero-order valence-electron chi connectivity index (χ0n) is 11.8. The van der Waals surface area contributed by atoms with Crippen LogP contribution in [0.2, 0.25) is 0 Å². The van der Waals surface area contributed by atoms with E-state index in [1.54, 1.807) is 7.11 Å². The minimum Gasteiger partial charge on any atom is -0.497 e. The molecule has 0 atom stereocenters. The number of amidine groups is 1. The number of benzene rings is 1. The number of nitrogens with one attached hydrogen (secondary N) is 1. The molecule has 1 aromatic rings. The molecule has 6 nitrogen and oxygen atoms in total. The first-order valence-electron chi connectivity index (χ1n) is 6.52. The molecule has 1 fully saturated rings. The smallest absolute Gasteiger partial charge is 0.196 e. The van der Waals surface area contributed by atoms with Crippen molar-refractivity contribution >= 4 is 17.3 Å². The summed E-state index contributed by atoms with van der Waals surface area (Å²) in [5.74, 6) is 1.15. The number of ether oxygens (including phenoxy) is 2. The highest BCUT2D eigenvalue weighted by atomic mass is 16.5. The predicted octanol–water partition coefficient (Wildman–Crippen LogP) is 1.34. The van der Waals surface area contributed by atoms with Crippen molar-refractivity contribution < 1.29 is 14.3 Å². The molecule has 2 rings (SSSR count). The SMILES string of the molecule is COc1ccc(N/N=C(\C(C)=O)N2CCOCC2)cc1. The summed E-state index contributed by atoms with van der Waals surface area (Å²) in [5, 5.41) is 4.22. The first-order valence-corrected chi connectivity index (χ1v) is 6.52. The van der Waals surface area contributed by atoms with Gasteiger partial charge in [0.1, 0.15) is 5.75 Å². The number of hydrogen-bond donors (Lipinski definition) is 1. The third-order valence-corrected chi connectivity index (χ3v) is 3.01. The summed E-state index contributed by atoms with van der Waals surface area (Å²) in [6, 6.07) is 7.36. The van der Waals surface area contributed by atoms with Gasteiger partial charge in [-0.3, -0.25) is 10.2 Å². The van der Waals surface area contributed by atoms with Crippen LogP contribution in [-0.4, -0.2) is 49.9 Å². The van der Waals surface area contributed by atoms with E-state index in [1.807, 2.05) is 29.2 Å². The molecule has 1 aliphatic rings. The number of carbonyl (C=O) groups excluding carboxylic acids is 1. The maximum absolute atomic E-state index is 11.7. The number of anilines is 1. The van der Waals surface area contributed by atoms with Gasteiger partial charge in [0.25, 0.3) is 0 Å². The van der Waals surface area contributed by atoms with E-state index in [4.69, 9.17) is 9.47 Å². The van der Waals surface area contributed by atoms with Gasteiger partial charge in [-0.05, 0) is 24.3 Å². The molecule has 1 aromatic carbocycles. The van der Waals surface area contributed by atoms with E-state index in [9.17, 15) is 4.79 Å². The second-order valence-electron chi connectivity index (χ2n) is 4.43. The van der Waals surface area contributed by atoms with E-state index in [2.05, 4.69) is 10.5 Å². The van der Waals surface area contributed by atoms with Gasteiger partial charge >= 0.3 is 0 Å². The van der Waals surface area contributed by atoms with Gasteiger partial charge in [0.2, 0.25) is 0 Å². The number of carbonyl (C=O) groups is 1. The topological polar surface area (TPSA) is 63.2 Å². The molecule has 1 aliphatic heterocycles. The molecule has 1 heterocycles. The van der Waals surface area contributed by atoms with Crippen LogP contribution in [0.15, 0.2) is 29.4 Å². The zero-order chi connectivity index (χ0) is 14.4. The van der Waals surface area contributed by atoms with Crippen molar-refractivity contribution in [2.45, 2.75) is 6.92 Å². The average molecular weight is 277 g/mol. The first-order chi connectivity index (χ1) is 9.70. The number of morpholine rings is 1. The van der Waals surface area contributed by atoms with Gasteiger partial charge in [-0.25, -0.2) is 0 Å². The Hall–Kier alpha value is -2.08. The second kappa shape index (κ2) is 6.91. The molecule has 0 unspecified atom stereocenters. The van der Waals surface area contributed by atoms with Crippen LogP contribution in [0.1, 0.15) is 6.92 Å². The fourth-order valence-corrected chi connectivity index (χ4v) is 1.93. The number of Topliss-reactive ketones (excluding diaryl/α,β-unsaturated/α-hetero) is 1. The number of rotatable bonds is 4. The summed E-state index contributed by atoms with van der Waals surface area (Å²) in [5.41, 5.74) is 3.71. The zero-order valence-corrected chi connectivity index (χ0v) is 11.8. The average Bonchev–Trinajstić information content (AvgIpc) is 2.49. The Morgan fingerprint density at radius 2 is 1.95 bits per heavy atom. The molecule has 0 aromatic heterocycles. The highest BCUT2D eigenvalue weighted by molar-refractivity contribution is 6.37. The van der Waals surface area contributed by atoms with Gasteiger partial charge in [-0.15, -0.1) is 0 Å². The van der Waals surface area contributed by atoms with E-state index >= 15 is 0 Å². The molecule has 6 heteroatoms. The third kappa shape index (κ3) is 3.71. The summed E-state index contributed by atoms with van der Waals surface area (Å²) in [4.78, 5) is 13.6.